The molecular weight excluding hydrogens is 330 g/mol. The van der Waals surface area contributed by atoms with E-state index in [2.05, 4.69) is 0 Å². The van der Waals surface area contributed by atoms with Crippen molar-refractivity contribution in [1.82, 2.24) is 4.90 Å². The highest BCUT2D eigenvalue weighted by atomic mass is 16.5. The lowest BCUT2D eigenvalue weighted by molar-refractivity contribution is 0.0627. The number of benzene rings is 2. The van der Waals surface area contributed by atoms with Crippen molar-refractivity contribution in [2.45, 2.75) is 18.9 Å². The minimum absolute atomic E-state index is 0.0156. The van der Waals surface area contributed by atoms with Gasteiger partial charge in [0, 0.05) is 19.2 Å². The van der Waals surface area contributed by atoms with Crippen LogP contribution in [-0.4, -0.2) is 51.3 Å². The van der Waals surface area contributed by atoms with Crippen LogP contribution in [0.5, 0.6) is 11.5 Å². The number of amides is 1. The van der Waals surface area contributed by atoms with Gasteiger partial charge in [0.1, 0.15) is 11.5 Å². The van der Waals surface area contributed by atoms with Crippen molar-refractivity contribution in [3.05, 3.63) is 48.0 Å². The van der Waals surface area contributed by atoms with Crippen molar-refractivity contribution in [3.63, 3.8) is 0 Å². The molecule has 3 rings (SSSR count). The molecule has 0 spiro atoms. The summed E-state index contributed by atoms with van der Waals surface area (Å²) in [6, 6.07) is 13.6. The summed E-state index contributed by atoms with van der Waals surface area (Å²) in [5.41, 5.74) is 2.44. The van der Waals surface area contributed by atoms with Gasteiger partial charge in [0.05, 0.1) is 32.4 Å². The first kappa shape index (κ1) is 18.3. The molecule has 0 unspecified atom stereocenters. The lowest BCUT2D eigenvalue weighted by Crippen LogP contribution is -2.38. The van der Waals surface area contributed by atoms with Crippen molar-refractivity contribution in [2.24, 2.45) is 0 Å². The predicted octanol–water partition coefficient (Wildman–Crippen LogP) is 3.62. The van der Waals surface area contributed by atoms with Crippen molar-refractivity contribution in [3.8, 4) is 22.6 Å². The van der Waals surface area contributed by atoms with Crippen LogP contribution < -0.4 is 9.47 Å². The fourth-order valence-electron chi connectivity index (χ4n) is 3.55. The lowest BCUT2D eigenvalue weighted by atomic mass is 10.0. The van der Waals surface area contributed by atoms with E-state index in [0.29, 0.717) is 17.9 Å². The van der Waals surface area contributed by atoms with E-state index in [-0.39, 0.29) is 11.9 Å². The summed E-state index contributed by atoms with van der Waals surface area (Å²) in [6.45, 7) is 1.30. The van der Waals surface area contributed by atoms with Gasteiger partial charge in [0.25, 0.3) is 5.91 Å². The Morgan fingerprint density at radius 2 is 1.85 bits per heavy atom. The van der Waals surface area contributed by atoms with Gasteiger partial charge >= 0.3 is 0 Å². The zero-order valence-corrected chi connectivity index (χ0v) is 15.5. The molecule has 5 heteroatoms. The van der Waals surface area contributed by atoms with E-state index >= 15 is 0 Å². The molecule has 0 saturated carbocycles. The molecule has 0 aliphatic carbocycles. The monoisotopic (exact) mass is 355 g/mol. The summed E-state index contributed by atoms with van der Waals surface area (Å²) in [5, 5.41) is 0. The zero-order chi connectivity index (χ0) is 18.5. The second-order valence-corrected chi connectivity index (χ2v) is 6.37. The summed E-state index contributed by atoms with van der Waals surface area (Å²) >= 11 is 0. The molecule has 5 nitrogen and oxygen atoms in total. The molecule has 1 aliphatic heterocycles. The Morgan fingerprint density at radius 1 is 1.08 bits per heavy atom. The number of para-hydroxylation sites is 1. The number of carbonyl (C=O) groups is 1. The molecule has 0 aromatic heterocycles. The standard InChI is InChI=1S/C21H25NO4/c1-24-14-16-7-6-12-22(16)21(23)18-13-15(10-11-20(18)26-3)17-8-4-5-9-19(17)25-2/h4-5,8-11,13,16H,6-7,12,14H2,1-3H3/t16-/m0/s1. The molecule has 2 aromatic rings. The van der Waals surface area contributed by atoms with Crippen LogP contribution >= 0.6 is 0 Å². The predicted molar refractivity (Wildman–Crippen MR) is 101 cm³/mol. The van der Waals surface area contributed by atoms with E-state index in [1.54, 1.807) is 21.3 Å². The molecule has 1 amide bonds. The first-order chi connectivity index (χ1) is 12.7. The molecule has 138 valence electrons. The highest BCUT2D eigenvalue weighted by molar-refractivity contribution is 5.98. The van der Waals surface area contributed by atoms with E-state index in [9.17, 15) is 4.79 Å². The number of likely N-dealkylation sites (tertiary alicyclic amines) is 1. The van der Waals surface area contributed by atoms with E-state index < -0.39 is 0 Å². The van der Waals surface area contributed by atoms with Gasteiger partial charge in [0.15, 0.2) is 0 Å². The Kier molecular flexibility index (Phi) is 5.78. The van der Waals surface area contributed by atoms with Crippen LogP contribution in [0.4, 0.5) is 0 Å². The molecule has 1 aliphatic rings. The molecule has 2 aromatic carbocycles. The van der Waals surface area contributed by atoms with E-state index in [1.807, 2.05) is 47.4 Å². The Hall–Kier alpha value is -2.53. The summed E-state index contributed by atoms with van der Waals surface area (Å²) in [4.78, 5) is 15.1. The molecule has 1 fully saturated rings. The Bertz CT molecular complexity index is 774. The maximum absolute atomic E-state index is 13.2. The summed E-state index contributed by atoms with van der Waals surface area (Å²) in [7, 11) is 4.91. The van der Waals surface area contributed by atoms with Crippen LogP contribution in [-0.2, 0) is 4.74 Å². The lowest BCUT2D eigenvalue weighted by Gasteiger charge is -2.25. The van der Waals surface area contributed by atoms with Crippen LogP contribution in [0.1, 0.15) is 23.2 Å². The summed E-state index contributed by atoms with van der Waals surface area (Å²) < 4.78 is 16.2. The van der Waals surface area contributed by atoms with Crippen LogP contribution in [0.15, 0.2) is 42.5 Å². The molecule has 0 radical (unpaired) electrons. The van der Waals surface area contributed by atoms with Crippen LogP contribution in [0, 0.1) is 0 Å². The molecule has 26 heavy (non-hydrogen) atoms. The summed E-state index contributed by atoms with van der Waals surface area (Å²) in [5.74, 6) is 1.34. The van der Waals surface area contributed by atoms with Crippen molar-refractivity contribution < 1.29 is 19.0 Å². The number of methoxy groups -OCH3 is 3. The number of hydrogen-bond acceptors (Lipinski definition) is 4. The van der Waals surface area contributed by atoms with E-state index in [4.69, 9.17) is 14.2 Å². The molecule has 0 N–H and O–H groups in total. The van der Waals surface area contributed by atoms with Crippen molar-refractivity contribution in [2.75, 3.05) is 34.5 Å². The average Bonchev–Trinajstić information content (AvgIpc) is 3.15. The van der Waals surface area contributed by atoms with Gasteiger partial charge in [-0.15, -0.1) is 0 Å². The fraction of sp³-hybridized carbons (Fsp3) is 0.381. The number of ether oxygens (including phenoxy) is 3. The Balaban J connectivity index is 1.99. The third-order valence-electron chi connectivity index (χ3n) is 4.84. The van der Waals surface area contributed by atoms with Gasteiger partial charge in [0.2, 0.25) is 0 Å². The van der Waals surface area contributed by atoms with Crippen LogP contribution in [0.2, 0.25) is 0 Å². The van der Waals surface area contributed by atoms with Crippen LogP contribution in [0.3, 0.4) is 0 Å². The molecule has 0 bridgehead atoms. The topological polar surface area (TPSA) is 48.0 Å². The molecular formula is C21H25NO4. The minimum Gasteiger partial charge on any atom is -0.496 e. The van der Waals surface area contributed by atoms with E-state index in [0.717, 1.165) is 36.3 Å². The average molecular weight is 355 g/mol. The van der Waals surface area contributed by atoms with Gasteiger partial charge in [-0.05, 0) is 36.6 Å². The maximum atomic E-state index is 13.2. The second-order valence-electron chi connectivity index (χ2n) is 6.37. The van der Waals surface area contributed by atoms with Gasteiger partial charge in [-0.25, -0.2) is 0 Å². The molecule has 1 heterocycles. The maximum Gasteiger partial charge on any atom is 0.257 e. The second kappa shape index (κ2) is 8.23. The third kappa shape index (κ3) is 3.53. The van der Waals surface area contributed by atoms with Gasteiger partial charge < -0.3 is 19.1 Å². The highest BCUT2D eigenvalue weighted by Crippen LogP contribution is 2.34. The normalized spacial score (nSPS) is 16.6. The van der Waals surface area contributed by atoms with Gasteiger partial charge in [-0.1, -0.05) is 24.3 Å². The number of rotatable bonds is 6. The zero-order valence-electron chi connectivity index (χ0n) is 15.5. The Labute approximate surface area is 154 Å². The van der Waals surface area contributed by atoms with Crippen molar-refractivity contribution in [1.29, 1.82) is 0 Å². The highest BCUT2D eigenvalue weighted by Gasteiger charge is 2.31. The largest absolute Gasteiger partial charge is 0.496 e. The third-order valence-corrected chi connectivity index (χ3v) is 4.84. The smallest absolute Gasteiger partial charge is 0.257 e. The summed E-state index contributed by atoms with van der Waals surface area (Å²) in [6.07, 6.45) is 1.96. The number of hydrogen-bond donors (Lipinski definition) is 0. The first-order valence-electron chi connectivity index (χ1n) is 8.81. The molecule has 1 atom stereocenters. The quantitative estimate of drug-likeness (QED) is 0.794. The van der Waals surface area contributed by atoms with E-state index in [1.165, 1.54) is 0 Å². The number of nitrogens with zero attached hydrogens (tertiary/aromatic N) is 1. The van der Waals surface area contributed by atoms with Gasteiger partial charge in [-0.2, -0.15) is 0 Å². The molecule has 1 saturated heterocycles. The minimum atomic E-state index is -0.0156. The van der Waals surface area contributed by atoms with Crippen LogP contribution in [0.25, 0.3) is 11.1 Å². The SMILES string of the molecule is COC[C@@H]1CCCN1C(=O)c1cc(-c2ccccc2OC)ccc1OC. The van der Waals surface area contributed by atoms with Gasteiger partial charge in [-0.3, -0.25) is 4.79 Å². The fourth-order valence-corrected chi connectivity index (χ4v) is 3.55. The van der Waals surface area contributed by atoms with Crippen molar-refractivity contribution >= 4 is 5.91 Å². The number of carbonyl (C=O) groups excluding carboxylic acids is 1. The first-order valence-corrected chi connectivity index (χ1v) is 8.81. The Morgan fingerprint density at radius 3 is 2.58 bits per heavy atom.